The summed E-state index contributed by atoms with van der Waals surface area (Å²) in [7, 11) is 0. The van der Waals surface area contributed by atoms with E-state index in [-0.39, 0.29) is 17.6 Å². The summed E-state index contributed by atoms with van der Waals surface area (Å²) in [4.78, 5) is 0. The third kappa shape index (κ3) is 0.565. The zero-order chi connectivity index (χ0) is 6.36. The molecule has 0 radical (unpaired) electrons. The average molecular weight is 116 g/mol. The molecule has 8 heavy (non-hydrogen) atoms. The van der Waals surface area contributed by atoms with Crippen molar-refractivity contribution in [1.82, 2.24) is 0 Å². The lowest BCUT2D eigenvalue weighted by atomic mass is 9.67. The summed E-state index contributed by atoms with van der Waals surface area (Å²) in [5, 5.41) is 18.0. The minimum absolute atomic E-state index is 0.250. The molecular formula is C6H12O2. The second-order valence-corrected chi connectivity index (χ2v) is 3.09. The van der Waals surface area contributed by atoms with Crippen LogP contribution in [0.2, 0.25) is 0 Å². The van der Waals surface area contributed by atoms with Gasteiger partial charge in [-0.2, -0.15) is 0 Å². The van der Waals surface area contributed by atoms with Gasteiger partial charge < -0.3 is 10.2 Å². The largest absolute Gasteiger partial charge is 0.392 e. The van der Waals surface area contributed by atoms with Crippen molar-refractivity contribution in [2.45, 2.75) is 32.5 Å². The number of hydrogen-bond acceptors (Lipinski definition) is 2. The molecule has 0 bridgehead atoms. The number of aliphatic hydroxyl groups is 2. The molecule has 0 spiro atoms. The topological polar surface area (TPSA) is 40.5 Å². The van der Waals surface area contributed by atoms with Crippen LogP contribution in [0.3, 0.4) is 0 Å². The highest BCUT2D eigenvalue weighted by Crippen LogP contribution is 2.39. The zero-order valence-corrected chi connectivity index (χ0v) is 5.26. The maximum absolute atomic E-state index is 8.99. The van der Waals surface area contributed by atoms with Gasteiger partial charge in [0.15, 0.2) is 0 Å². The van der Waals surface area contributed by atoms with Crippen molar-refractivity contribution in [2.75, 3.05) is 0 Å². The highest BCUT2D eigenvalue weighted by molar-refractivity contribution is 4.96. The van der Waals surface area contributed by atoms with Crippen LogP contribution in [0.5, 0.6) is 0 Å². The van der Waals surface area contributed by atoms with Crippen molar-refractivity contribution in [3.8, 4) is 0 Å². The first-order chi connectivity index (χ1) is 3.55. The third-order valence-corrected chi connectivity index (χ3v) is 2.16. The van der Waals surface area contributed by atoms with E-state index in [0.29, 0.717) is 6.42 Å². The highest BCUT2D eigenvalue weighted by atomic mass is 16.3. The molecule has 1 saturated carbocycles. The van der Waals surface area contributed by atoms with E-state index in [1.54, 1.807) is 0 Å². The van der Waals surface area contributed by atoms with Gasteiger partial charge in [-0.25, -0.2) is 0 Å². The lowest BCUT2D eigenvalue weighted by molar-refractivity contribution is -0.146. The summed E-state index contributed by atoms with van der Waals surface area (Å²) < 4.78 is 0. The van der Waals surface area contributed by atoms with E-state index in [2.05, 4.69) is 0 Å². The van der Waals surface area contributed by atoms with Gasteiger partial charge in [-0.3, -0.25) is 0 Å². The summed E-state index contributed by atoms with van der Waals surface area (Å²) in [6, 6.07) is 0. The Kier molecular flexibility index (Phi) is 1.10. The van der Waals surface area contributed by atoms with E-state index >= 15 is 0 Å². The summed E-state index contributed by atoms with van der Waals surface area (Å²) in [6.07, 6.45) is -0.0394. The molecule has 2 nitrogen and oxygen atoms in total. The maximum Gasteiger partial charge on any atom is 0.0640 e. The van der Waals surface area contributed by atoms with Crippen LogP contribution in [0, 0.1) is 5.41 Å². The van der Waals surface area contributed by atoms with Crippen LogP contribution in [0.15, 0.2) is 0 Å². The van der Waals surface area contributed by atoms with E-state index in [4.69, 9.17) is 10.2 Å². The predicted molar refractivity (Wildman–Crippen MR) is 30.4 cm³/mol. The Morgan fingerprint density at radius 2 is 1.62 bits per heavy atom. The quantitative estimate of drug-likeness (QED) is 0.472. The van der Waals surface area contributed by atoms with E-state index < -0.39 is 0 Å². The highest BCUT2D eigenvalue weighted by Gasteiger charge is 2.46. The molecule has 0 aromatic heterocycles. The van der Waals surface area contributed by atoms with Crippen molar-refractivity contribution in [2.24, 2.45) is 5.41 Å². The van der Waals surface area contributed by atoms with Gasteiger partial charge in [0.2, 0.25) is 0 Å². The standard InChI is InChI=1S/C6H12O2/c1-6(2)4(7)3-5(6)8/h4-5,7-8H,3H2,1-2H3/t4-,5+. The van der Waals surface area contributed by atoms with Crippen molar-refractivity contribution < 1.29 is 10.2 Å². The normalized spacial score (nSPS) is 43.5. The molecule has 0 saturated heterocycles. The molecule has 1 aliphatic rings. The number of rotatable bonds is 0. The molecule has 2 heteroatoms. The predicted octanol–water partition coefficient (Wildman–Crippen LogP) is 0.138. The van der Waals surface area contributed by atoms with Gasteiger partial charge in [0, 0.05) is 11.8 Å². The van der Waals surface area contributed by atoms with Gasteiger partial charge in [0.1, 0.15) is 0 Å². The summed E-state index contributed by atoms with van der Waals surface area (Å²) in [5.74, 6) is 0. The van der Waals surface area contributed by atoms with Crippen molar-refractivity contribution >= 4 is 0 Å². The summed E-state index contributed by atoms with van der Waals surface area (Å²) in [6.45, 7) is 3.73. The zero-order valence-electron chi connectivity index (χ0n) is 5.26. The Labute approximate surface area is 49.1 Å². The number of aliphatic hydroxyl groups excluding tert-OH is 2. The van der Waals surface area contributed by atoms with E-state index in [9.17, 15) is 0 Å². The molecule has 1 rings (SSSR count). The van der Waals surface area contributed by atoms with Gasteiger partial charge in [0.25, 0.3) is 0 Å². The molecule has 0 unspecified atom stereocenters. The van der Waals surface area contributed by atoms with Gasteiger partial charge in [-0.15, -0.1) is 0 Å². The first-order valence-electron chi connectivity index (χ1n) is 2.91. The first kappa shape index (κ1) is 6.05. The Hall–Kier alpha value is -0.0800. The van der Waals surface area contributed by atoms with Gasteiger partial charge in [0.05, 0.1) is 12.2 Å². The molecule has 1 aliphatic carbocycles. The molecule has 0 heterocycles. The van der Waals surface area contributed by atoms with Crippen LogP contribution >= 0.6 is 0 Å². The van der Waals surface area contributed by atoms with Crippen LogP contribution in [-0.2, 0) is 0 Å². The van der Waals surface area contributed by atoms with Crippen molar-refractivity contribution in [3.05, 3.63) is 0 Å². The SMILES string of the molecule is CC1(C)[C@H](O)C[C@@H]1O. The maximum atomic E-state index is 8.99. The van der Waals surface area contributed by atoms with E-state index in [0.717, 1.165) is 0 Å². The molecule has 48 valence electrons. The van der Waals surface area contributed by atoms with Gasteiger partial charge in [-0.1, -0.05) is 13.8 Å². The number of hydrogen-bond donors (Lipinski definition) is 2. The molecule has 0 aliphatic heterocycles. The molecule has 0 aromatic rings. The van der Waals surface area contributed by atoms with Crippen molar-refractivity contribution in [1.29, 1.82) is 0 Å². The second-order valence-electron chi connectivity index (χ2n) is 3.09. The van der Waals surface area contributed by atoms with Crippen LogP contribution in [0.25, 0.3) is 0 Å². The van der Waals surface area contributed by atoms with Gasteiger partial charge >= 0.3 is 0 Å². The van der Waals surface area contributed by atoms with Crippen LogP contribution in [-0.4, -0.2) is 22.4 Å². The Balaban J connectivity index is 2.52. The van der Waals surface area contributed by atoms with Gasteiger partial charge in [-0.05, 0) is 0 Å². The molecule has 0 amide bonds. The van der Waals surface area contributed by atoms with E-state index in [1.807, 2.05) is 13.8 Å². The van der Waals surface area contributed by atoms with Crippen LogP contribution in [0.1, 0.15) is 20.3 Å². The molecule has 1 fully saturated rings. The minimum Gasteiger partial charge on any atom is -0.392 e. The lowest BCUT2D eigenvalue weighted by Crippen LogP contribution is -2.52. The van der Waals surface area contributed by atoms with Crippen molar-refractivity contribution in [3.63, 3.8) is 0 Å². The molecule has 2 N–H and O–H groups in total. The third-order valence-electron chi connectivity index (χ3n) is 2.16. The fourth-order valence-corrected chi connectivity index (χ4v) is 0.881. The second kappa shape index (κ2) is 1.45. The van der Waals surface area contributed by atoms with Crippen LogP contribution < -0.4 is 0 Å². The first-order valence-corrected chi connectivity index (χ1v) is 2.91. The fraction of sp³-hybridized carbons (Fsp3) is 1.00. The Morgan fingerprint density at radius 3 is 1.62 bits per heavy atom. The fourth-order valence-electron chi connectivity index (χ4n) is 0.881. The minimum atomic E-state index is -0.294. The Bertz CT molecular complexity index is 88.7. The molecular weight excluding hydrogens is 104 g/mol. The average Bonchev–Trinajstić information content (AvgIpc) is 1.68. The van der Waals surface area contributed by atoms with Crippen LogP contribution in [0.4, 0.5) is 0 Å². The summed E-state index contributed by atoms with van der Waals surface area (Å²) >= 11 is 0. The smallest absolute Gasteiger partial charge is 0.0640 e. The molecule has 0 aromatic carbocycles. The monoisotopic (exact) mass is 116 g/mol. The van der Waals surface area contributed by atoms with E-state index in [1.165, 1.54) is 0 Å². The molecule has 2 atom stereocenters. The lowest BCUT2D eigenvalue weighted by Gasteiger charge is -2.45. The Morgan fingerprint density at radius 1 is 1.25 bits per heavy atom. The summed E-state index contributed by atoms with van der Waals surface area (Å²) in [5.41, 5.74) is -0.250.